The molecule has 20 nitrogen and oxygen atoms in total. The lowest BCUT2D eigenvalue weighted by Gasteiger charge is -2.40. The first kappa shape index (κ1) is 44.5. The summed E-state index contributed by atoms with van der Waals surface area (Å²) in [6.45, 7) is -0.0993. The molecule has 0 radical (unpaired) electrons. The second kappa shape index (κ2) is 19.1. The molecule has 2 saturated heterocycles. The monoisotopic (exact) mass is 855 g/mol. The van der Waals surface area contributed by atoms with Crippen LogP contribution in [0.5, 0.6) is 34.5 Å². The van der Waals surface area contributed by atoms with Gasteiger partial charge >= 0.3 is 23.3 Å². The van der Waals surface area contributed by atoms with Crippen LogP contribution in [-0.4, -0.2) is 145 Å². The zero-order valence-electron chi connectivity index (χ0n) is 32.3. The van der Waals surface area contributed by atoms with Crippen LogP contribution in [0.4, 0.5) is 0 Å². The molecule has 4 aromatic rings. The van der Waals surface area contributed by atoms with Crippen LogP contribution in [-0.2, 0) is 33.3 Å². The van der Waals surface area contributed by atoms with Gasteiger partial charge in [-0.2, -0.15) is 0 Å². The predicted octanol–water partition coefficient (Wildman–Crippen LogP) is 0.658. The van der Waals surface area contributed by atoms with Crippen LogP contribution in [0.1, 0.15) is 18.9 Å². The number of hydrogen-bond donors (Lipinski definition) is 9. The maximum Gasteiger partial charge on any atom is 0.402 e. The molecule has 2 fully saturated rings. The van der Waals surface area contributed by atoms with Crippen LogP contribution in [0, 0.1) is 0 Å². The zero-order chi connectivity index (χ0) is 44.1. The molecule has 9 N–H and O–H groups in total. The first-order valence-electron chi connectivity index (χ1n) is 18.6. The quantitative estimate of drug-likeness (QED) is 0.0364. The summed E-state index contributed by atoms with van der Waals surface area (Å²) in [5.74, 6) is -3.33. The van der Waals surface area contributed by atoms with Gasteiger partial charge in [0.1, 0.15) is 96.9 Å². The summed E-state index contributed by atoms with van der Waals surface area (Å²) in [6, 6.07) is 13.4. The number of methoxy groups -OCH3 is 1. The fraction of sp³-hybridized carbons (Fsp3) is 0.366. The lowest BCUT2D eigenvalue weighted by atomic mass is 9.99. The minimum atomic E-state index is -1.91. The van der Waals surface area contributed by atoms with E-state index in [2.05, 4.69) is 0 Å². The molecule has 326 valence electrons. The number of aromatic hydroxyl groups is 3. The highest BCUT2D eigenvalue weighted by atomic mass is 16.7. The van der Waals surface area contributed by atoms with Gasteiger partial charge in [-0.3, -0.25) is 9.59 Å². The van der Waals surface area contributed by atoms with E-state index in [1.165, 1.54) is 74.7 Å². The van der Waals surface area contributed by atoms with Crippen LogP contribution in [0.15, 0.2) is 71.2 Å². The van der Waals surface area contributed by atoms with Gasteiger partial charge in [0.25, 0.3) is 0 Å². The highest BCUT2D eigenvalue weighted by Gasteiger charge is 2.48. The summed E-state index contributed by atoms with van der Waals surface area (Å²) in [5, 5.41) is 95.0. The van der Waals surface area contributed by atoms with E-state index in [0.29, 0.717) is 5.56 Å². The third-order valence-electron chi connectivity index (χ3n) is 9.56. The van der Waals surface area contributed by atoms with Crippen molar-refractivity contribution in [1.29, 1.82) is 0 Å². The summed E-state index contributed by atoms with van der Waals surface area (Å²) < 4.78 is 44.9. The molecule has 0 spiro atoms. The second-order valence-electron chi connectivity index (χ2n) is 14.1. The number of esters is 2. The molecule has 20 heteroatoms. The largest absolute Gasteiger partial charge is 0.508 e. The Bertz CT molecular complexity index is 2240. The number of phenolic OH excluding ortho intramolecular Hbond substituents is 3. The van der Waals surface area contributed by atoms with E-state index in [4.69, 9.17) is 37.6 Å². The SMILES string of the molecule is COc1cc(/C=C/C(=O)OCC2O[C@@H](Oc3cc4c(O[C@@H]5OC(COC(=O)CC(C)=O)[C@@H](O)[C@H](O)C5O)cc(O)cc4[o+]c3-c3ccc(O)cc3)C(O)C(O)[C@@H]2O)ccc1O. The zero-order valence-corrected chi connectivity index (χ0v) is 32.3. The number of aliphatic hydroxyl groups excluding tert-OH is 6. The second-order valence-corrected chi connectivity index (χ2v) is 14.1. The number of benzene rings is 3. The third-order valence-corrected chi connectivity index (χ3v) is 9.56. The number of rotatable bonds is 14. The summed E-state index contributed by atoms with van der Waals surface area (Å²) >= 11 is 0. The Hall–Kier alpha value is -6.10. The van der Waals surface area contributed by atoms with Crippen LogP contribution in [0.2, 0.25) is 0 Å². The summed E-state index contributed by atoms with van der Waals surface area (Å²) in [6.07, 6.45) is -15.7. The number of hydrogen-bond acceptors (Lipinski definition) is 19. The molecule has 10 atom stereocenters. The maximum absolute atomic E-state index is 12.6. The maximum atomic E-state index is 12.6. The minimum absolute atomic E-state index is 0.00516. The molecule has 2 aliphatic rings. The van der Waals surface area contributed by atoms with E-state index in [1.54, 1.807) is 0 Å². The number of carbonyl (C=O) groups excluding carboxylic acids is 3. The van der Waals surface area contributed by atoms with Crippen LogP contribution >= 0.6 is 0 Å². The molecule has 0 bridgehead atoms. The first-order chi connectivity index (χ1) is 29.0. The van der Waals surface area contributed by atoms with Gasteiger partial charge in [-0.15, -0.1) is 0 Å². The van der Waals surface area contributed by atoms with Gasteiger partial charge in [-0.1, -0.05) is 6.07 Å². The highest BCUT2D eigenvalue weighted by molar-refractivity contribution is 5.94. The van der Waals surface area contributed by atoms with Gasteiger partial charge in [0, 0.05) is 18.2 Å². The van der Waals surface area contributed by atoms with E-state index >= 15 is 0 Å². The fourth-order valence-corrected chi connectivity index (χ4v) is 6.33. The Labute approximate surface area is 345 Å². The van der Waals surface area contributed by atoms with Gasteiger partial charge < -0.3 is 79.1 Å². The Morgan fingerprint density at radius 2 is 1.30 bits per heavy atom. The summed E-state index contributed by atoms with van der Waals surface area (Å²) in [5.41, 5.74) is 0.685. The Morgan fingerprint density at radius 1 is 0.689 bits per heavy atom. The number of fused-ring (bicyclic) bond motifs is 1. The van der Waals surface area contributed by atoms with Gasteiger partial charge in [-0.25, -0.2) is 9.21 Å². The van der Waals surface area contributed by atoms with Crippen molar-refractivity contribution >= 4 is 34.8 Å². The number of phenols is 3. The molecular weight excluding hydrogens is 812 g/mol. The van der Waals surface area contributed by atoms with Crippen LogP contribution in [0.3, 0.4) is 0 Å². The molecule has 6 rings (SSSR count). The molecule has 0 aliphatic carbocycles. The molecule has 61 heavy (non-hydrogen) atoms. The number of carbonyl (C=O) groups is 3. The highest BCUT2D eigenvalue weighted by Crippen LogP contribution is 2.42. The van der Waals surface area contributed by atoms with E-state index in [1.807, 2.05) is 0 Å². The van der Waals surface area contributed by atoms with Crippen molar-refractivity contribution in [3.8, 4) is 45.8 Å². The third kappa shape index (κ3) is 10.4. The molecule has 0 saturated carbocycles. The Kier molecular flexibility index (Phi) is 13.9. The Morgan fingerprint density at radius 3 is 1.90 bits per heavy atom. The normalized spacial score (nSPS) is 26.4. The van der Waals surface area contributed by atoms with Gasteiger partial charge in [-0.05, 0) is 55.0 Å². The van der Waals surface area contributed by atoms with E-state index in [-0.39, 0.29) is 51.0 Å². The van der Waals surface area contributed by atoms with Crippen molar-refractivity contribution in [2.75, 3.05) is 20.3 Å². The van der Waals surface area contributed by atoms with E-state index in [9.17, 15) is 60.3 Å². The van der Waals surface area contributed by atoms with Crippen molar-refractivity contribution in [3.05, 3.63) is 72.3 Å². The molecule has 0 amide bonds. The van der Waals surface area contributed by atoms with E-state index < -0.39 is 105 Å². The van der Waals surface area contributed by atoms with Gasteiger partial charge in [0.15, 0.2) is 11.5 Å². The van der Waals surface area contributed by atoms with Crippen molar-refractivity contribution in [2.45, 2.75) is 74.8 Å². The molecule has 2 aliphatic heterocycles. The topological polar surface area (TPSA) is 309 Å². The average molecular weight is 856 g/mol. The Balaban J connectivity index is 1.27. The summed E-state index contributed by atoms with van der Waals surface area (Å²) in [7, 11) is 1.36. The van der Waals surface area contributed by atoms with Crippen molar-refractivity contribution < 1.29 is 97.9 Å². The first-order valence-corrected chi connectivity index (χ1v) is 18.6. The minimum Gasteiger partial charge on any atom is -0.508 e. The van der Waals surface area contributed by atoms with Crippen LogP contribution < -0.4 is 14.2 Å². The van der Waals surface area contributed by atoms with Crippen molar-refractivity contribution in [3.63, 3.8) is 0 Å². The number of Topliss-reactive ketones (excluding diaryl/α,β-unsaturated/α-hetero) is 1. The molecule has 3 aromatic carbocycles. The lowest BCUT2D eigenvalue weighted by molar-refractivity contribution is -0.278. The van der Waals surface area contributed by atoms with Crippen molar-refractivity contribution in [1.82, 2.24) is 0 Å². The molecule has 1 aromatic heterocycles. The van der Waals surface area contributed by atoms with Gasteiger partial charge in [0.05, 0.1) is 18.7 Å². The average Bonchev–Trinajstić information content (AvgIpc) is 3.22. The van der Waals surface area contributed by atoms with Gasteiger partial charge in [0.2, 0.25) is 18.3 Å². The van der Waals surface area contributed by atoms with Crippen molar-refractivity contribution in [2.24, 2.45) is 0 Å². The number of ether oxygens (including phenoxy) is 7. The summed E-state index contributed by atoms with van der Waals surface area (Å²) in [4.78, 5) is 35.9. The van der Waals surface area contributed by atoms with E-state index in [0.717, 1.165) is 12.1 Å². The fourth-order valence-electron chi connectivity index (χ4n) is 6.33. The predicted molar refractivity (Wildman–Crippen MR) is 205 cm³/mol. The standard InChI is InChI=1S/C41H42O20/c1-18(42)11-32(47)56-17-30-34(49)35(50)37(52)40(60-30)58-26-14-22(44)13-25-23(26)15-28(39(57-25)20-5-7-21(43)8-6-20)59-41-38(53)36(51)33(48)29(61-41)16-55-31(46)10-4-19-3-9-24(45)27(12-19)54-2/h3-10,12-15,29-30,33-38,40-41,48-53H,11,16-17H2,1-2H3,(H2-,43,44,45,46)/p+1/t29?,30?,33-,34-,35+,36?,37?,38?,40-,41-/m1/s1. The van der Waals surface area contributed by atoms with Crippen LogP contribution in [0.25, 0.3) is 28.4 Å². The number of aliphatic hydroxyl groups is 6. The smallest absolute Gasteiger partial charge is 0.402 e. The molecule has 3 heterocycles. The molecular formula is C41H43O20+. The lowest BCUT2D eigenvalue weighted by Crippen LogP contribution is -2.60. The number of ketones is 1. The molecule has 5 unspecified atom stereocenters.